The van der Waals surface area contributed by atoms with E-state index in [4.69, 9.17) is 4.74 Å². The lowest BCUT2D eigenvalue weighted by Gasteiger charge is -2.18. The SMILES string of the molecule is COc1ccc(C(CC(=O)NCc2nnc3ccccn23)NC(C)=O)cc1. The lowest BCUT2D eigenvalue weighted by molar-refractivity contribution is -0.123. The van der Waals surface area contributed by atoms with E-state index in [1.165, 1.54) is 6.92 Å². The molecule has 1 aromatic carbocycles. The van der Waals surface area contributed by atoms with Gasteiger partial charge < -0.3 is 15.4 Å². The van der Waals surface area contributed by atoms with Crippen LogP contribution >= 0.6 is 0 Å². The number of hydrogen-bond acceptors (Lipinski definition) is 5. The molecule has 3 rings (SSSR count). The van der Waals surface area contributed by atoms with Crippen LogP contribution in [0.1, 0.15) is 30.8 Å². The van der Waals surface area contributed by atoms with Crippen molar-refractivity contribution in [2.45, 2.75) is 25.9 Å². The van der Waals surface area contributed by atoms with Gasteiger partial charge >= 0.3 is 0 Å². The second-order valence-electron chi connectivity index (χ2n) is 6.05. The standard InChI is InChI=1S/C19H21N5O3/c1-13(25)21-16(14-6-8-15(27-2)9-7-14)11-19(26)20-12-18-23-22-17-5-3-4-10-24(17)18/h3-10,16H,11-12H2,1-2H3,(H,20,26)(H,21,25). The van der Waals surface area contributed by atoms with Gasteiger partial charge in [0.2, 0.25) is 11.8 Å². The van der Waals surface area contributed by atoms with Crippen molar-refractivity contribution in [1.29, 1.82) is 0 Å². The number of methoxy groups -OCH3 is 1. The Labute approximate surface area is 156 Å². The first-order chi connectivity index (χ1) is 13.1. The number of carbonyl (C=O) groups excluding carboxylic acids is 2. The minimum Gasteiger partial charge on any atom is -0.497 e. The van der Waals surface area contributed by atoms with Gasteiger partial charge in [0, 0.05) is 13.1 Å². The molecule has 2 heterocycles. The summed E-state index contributed by atoms with van der Waals surface area (Å²) in [7, 11) is 1.59. The van der Waals surface area contributed by atoms with Crippen molar-refractivity contribution in [3.63, 3.8) is 0 Å². The molecule has 0 radical (unpaired) electrons. The molecule has 8 heteroatoms. The summed E-state index contributed by atoms with van der Waals surface area (Å²) in [5, 5.41) is 13.8. The highest BCUT2D eigenvalue weighted by Crippen LogP contribution is 2.20. The average molecular weight is 367 g/mol. The molecule has 0 bridgehead atoms. The molecule has 27 heavy (non-hydrogen) atoms. The molecule has 0 fully saturated rings. The lowest BCUT2D eigenvalue weighted by atomic mass is 10.0. The Morgan fingerprint density at radius 2 is 1.93 bits per heavy atom. The van der Waals surface area contributed by atoms with E-state index in [9.17, 15) is 9.59 Å². The summed E-state index contributed by atoms with van der Waals surface area (Å²) in [6.07, 6.45) is 1.96. The van der Waals surface area contributed by atoms with Gasteiger partial charge in [0.25, 0.3) is 0 Å². The van der Waals surface area contributed by atoms with Gasteiger partial charge in [0.1, 0.15) is 5.75 Å². The molecular weight excluding hydrogens is 346 g/mol. The largest absolute Gasteiger partial charge is 0.497 e. The van der Waals surface area contributed by atoms with Crippen LogP contribution in [0.5, 0.6) is 5.75 Å². The Morgan fingerprint density at radius 3 is 2.63 bits per heavy atom. The van der Waals surface area contributed by atoms with Crippen LogP contribution in [0.2, 0.25) is 0 Å². The first-order valence-corrected chi connectivity index (χ1v) is 8.53. The zero-order valence-electron chi connectivity index (χ0n) is 15.2. The third-order valence-electron chi connectivity index (χ3n) is 4.11. The zero-order valence-corrected chi connectivity index (χ0v) is 15.2. The van der Waals surface area contributed by atoms with Crippen LogP contribution in [-0.2, 0) is 16.1 Å². The third kappa shape index (κ3) is 4.60. The van der Waals surface area contributed by atoms with E-state index in [2.05, 4.69) is 20.8 Å². The Kier molecular flexibility index (Phi) is 5.65. The molecule has 3 aromatic rings. The van der Waals surface area contributed by atoms with Crippen LogP contribution in [0.3, 0.4) is 0 Å². The monoisotopic (exact) mass is 367 g/mol. The highest BCUT2D eigenvalue weighted by molar-refractivity contribution is 5.79. The maximum Gasteiger partial charge on any atom is 0.222 e. The zero-order chi connectivity index (χ0) is 19.2. The molecule has 2 amide bonds. The number of aromatic nitrogens is 3. The minimum absolute atomic E-state index is 0.114. The van der Waals surface area contributed by atoms with Crippen LogP contribution in [-0.4, -0.2) is 33.5 Å². The fourth-order valence-corrected chi connectivity index (χ4v) is 2.78. The number of hydrogen-bond donors (Lipinski definition) is 2. The summed E-state index contributed by atoms with van der Waals surface area (Å²) in [6, 6.07) is 12.4. The topological polar surface area (TPSA) is 97.6 Å². The fraction of sp³-hybridized carbons (Fsp3) is 0.263. The van der Waals surface area contributed by atoms with E-state index in [1.54, 1.807) is 19.2 Å². The fourth-order valence-electron chi connectivity index (χ4n) is 2.78. The predicted octanol–water partition coefficient (Wildman–Crippen LogP) is 1.62. The van der Waals surface area contributed by atoms with E-state index in [-0.39, 0.29) is 24.8 Å². The summed E-state index contributed by atoms with van der Waals surface area (Å²) in [5.74, 6) is 0.951. The predicted molar refractivity (Wildman–Crippen MR) is 99.0 cm³/mol. The first kappa shape index (κ1) is 18.4. The smallest absolute Gasteiger partial charge is 0.222 e. The van der Waals surface area contributed by atoms with Crippen LogP contribution in [0, 0.1) is 0 Å². The first-order valence-electron chi connectivity index (χ1n) is 8.53. The number of fused-ring (bicyclic) bond motifs is 1. The average Bonchev–Trinajstić information content (AvgIpc) is 3.09. The third-order valence-corrected chi connectivity index (χ3v) is 4.11. The van der Waals surface area contributed by atoms with Gasteiger partial charge in [-0.05, 0) is 29.8 Å². The Morgan fingerprint density at radius 1 is 1.15 bits per heavy atom. The quantitative estimate of drug-likeness (QED) is 0.661. The minimum atomic E-state index is -0.427. The summed E-state index contributed by atoms with van der Waals surface area (Å²) in [4.78, 5) is 24.0. The number of pyridine rings is 1. The second kappa shape index (κ2) is 8.31. The Bertz CT molecular complexity index is 936. The van der Waals surface area contributed by atoms with Crippen LogP contribution < -0.4 is 15.4 Å². The Hall–Kier alpha value is -3.42. The number of nitrogens with one attached hydrogen (secondary N) is 2. The van der Waals surface area contributed by atoms with E-state index in [0.717, 1.165) is 11.2 Å². The maximum atomic E-state index is 12.4. The van der Waals surface area contributed by atoms with Crippen LogP contribution in [0.15, 0.2) is 48.7 Å². The van der Waals surface area contributed by atoms with Gasteiger partial charge in [-0.1, -0.05) is 18.2 Å². The van der Waals surface area contributed by atoms with Gasteiger partial charge in [0.05, 0.1) is 26.1 Å². The molecule has 8 nitrogen and oxygen atoms in total. The van der Waals surface area contributed by atoms with Crippen molar-refractivity contribution >= 4 is 17.5 Å². The maximum absolute atomic E-state index is 12.4. The molecule has 1 unspecified atom stereocenters. The second-order valence-corrected chi connectivity index (χ2v) is 6.05. The van der Waals surface area contributed by atoms with Crippen molar-refractivity contribution in [2.75, 3.05) is 7.11 Å². The summed E-state index contributed by atoms with van der Waals surface area (Å²) in [6.45, 7) is 1.68. The summed E-state index contributed by atoms with van der Waals surface area (Å²) < 4.78 is 6.96. The lowest BCUT2D eigenvalue weighted by Crippen LogP contribution is -2.32. The molecule has 1 atom stereocenters. The highest BCUT2D eigenvalue weighted by Gasteiger charge is 2.17. The van der Waals surface area contributed by atoms with Crippen molar-refractivity contribution < 1.29 is 14.3 Å². The van der Waals surface area contributed by atoms with E-state index in [0.29, 0.717) is 11.6 Å². The molecule has 0 aliphatic heterocycles. The van der Waals surface area contributed by atoms with Gasteiger partial charge in [-0.25, -0.2) is 0 Å². The number of carbonyl (C=O) groups is 2. The van der Waals surface area contributed by atoms with Gasteiger partial charge in [-0.2, -0.15) is 0 Å². The normalized spacial score (nSPS) is 11.8. The number of benzene rings is 1. The molecule has 2 N–H and O–H groups in total. The molecule has 0 aliphatic carbocycles. The van der Waals surface area contributed by atoms with Crippen LogP contribution in [0.4, 0.5) is 0 Å². The number of rotatable bonds is 7. The Balaban J connectivity index is 1.65. The van der Waals surface area contributed by atoms with E-state index < -0.39 is 6.04 Å². The number of ether oxygens (including phenoxy) is 1. The summed E-state index contributed by atoms with van der Waals surface area (Å²) in [5.41, 5.74) is 1.55. The van der Waals surface area contributed by atoms with Gasteiger partial charge in [0.15, 0.2) is 11.5 Å². The molecule has 2 aromatic heterocycles. The van der Waals surface area contributed by atoms with Crippen molar-refractivity contribution in [3.8, 4) is 5.75 Å². The van der Waals surface area contributed by atoms with Crippen molar-refractivity contribution in [1.82, 2.24) is 25.2 Å². The van der Waals surface area contributed by atoms with E-state index in [1.807, 2.05) is 40.9 Å². The number of amides is 2. The molecule has 0 saturated heterocycles. The highest BCUT2D eigenvalue weighted by atomic mass is 16.5. The van der Waals surface area contributed by atoms with Crippen molar-refractivity contribution in [3.05, 3.63) is 60.0 Å². The molecule has 0 aliphatic rings. The molecule has 0 spiro atoms. The molecule has 140 valence electrons. The van der Waals surface area contributed by atoms with Crippen molar-refractivity contribution in [2.24, 2.45) is 0 Å². The van der Waals surface area contributed by atoms with Crippen LogP contribution in [0.25, 0.3) is 5.65 Å². The number of nitrogens with zero attached hydrogens (tertiary/aromatic N) is 3. The van der Waals surface area contributed by atoms with Gasteiger partial charge in [-0.15, -0.1) is 10.2 Å². The molecular formula is C19H21N5O3. The van der Waals surface area contributed by atoms with E-state index >= 15 is 0 Å². The molecule has 0 saturated carbocycles. The van der Waals surface area contributed by atoms with Gasteiger partial charge in [-0.3, -0.25) is 14.0 Å². The summed E-state index contributed by atoms with van der Waals surface area (Å²) >= 11 is 0.